The third-order valence-corrected chi connectivity index (χ3v) is 24.3. The van der Waals surface area contributed by atoms with Crippen molar-refractivity contribution in [3.63, 3.8) is 0 Å². The Morgan fingerprint density at radius 2 is 1.44 bits per heavy atom. The maximum Gasteiger partial charge on any atom is 0.357 e. The molecule has 0 spiro atoms. The highest BCUT2D eigenvalue weighted by atomic mass is 32.2. The zero-order valence-electron chi connectivity index (χ0n) is 66.8. The van der Waals surface area contributed by atoms with Crippen molar-refractivity contribution in [2.45, 2.75) is 191 Å². The normalized spacial score (nSPS) is 25.4. The topological polar surface area (TPSA) is 642 Å². The van der Waals surface area contributed by atoms with Crippen LogP contribution in [-0.4, -0.2) is 260 Å². The fourth-order valence-corrected chi connectivity index (χ4v) is 17.3. The third kappa shape index (κ3) is 21.2. The minimum atomic E-state index is -2.24. The average Bonchev–Trinajstić information content (AvgIpc) is 1.53. The molecule has 0 aromatic carbocycles. The van der Waals surface area contributed by atoms with Gasteiger partial charge in [-0.25, -0.2) is 79.6 Å². The van der Waals surface area contributed by atoms with E-state index < -0.39 is 207 Å². The van der Waals surface area contributed by atoms with Crippen molar-refractivity contribution in [1.82, 2.24) is 30.2 Å². The van der Waals surface area contributed by atoms with Crippen LogP contribution in [0.4, 0.5) is 0 Å². The fourth-order valence-electron chi connectivity index (χ4n) is 12.5. The molecule has 15 unspecified atom stereocenters. The quantitative estimate of drug-likeness (QED) is 0.0178. The number of aliphatic carboxylic acids is 1. The number of allylic oxidation sites excluding steroid dienone is 1. The molecule has 4 aliphatic heterocycles. The fraction of sp³-hybridized carbons (Fsp3) is 0.416. The Morgan fingerprint density at radius 1 is 0.762 bits per heavy atom. The largest absolute Gasteiger partial charge is 0.495 e. The second kappa shape index (κ2) is 38.9. The molecule has 5 aromatic rings. The minimum Gasteiger partial charge on any atom is -0.495 e. The van der Waals surface area contributed by atoms with Gasteiger partial charge in [-0.15, -0.1) is 57.1 Å². The second-order valence-corrected chi connectivity index (χ2v) is 33.4. The Bertz CT molecular complexity index is 5430. The van der Waals surface area contributed by atoms with Gasteiger partial charge in [0.25, 0.3) is 0 Å². The van der Waals surface area contributed by atoms with Crippen LogP contribution >= 0.6 is 57.1 Å². The second-order valence-electron chi connectivity index (χ2n) is 28.9. The summed E-state index contributed by atoms with van der Waals surface area (Å²) in [5.41, 5.74) is -7.96. The molecule has 0 saturated carbocycles. The highest BCUT2D eigenvalue weighted by Gasteiger charge is 2.50. The number of carbonyl (C=O) groups is 3. The number of thiazole rings is 4. The van der Waals surface area contributed by atoms with Crippen LogP contribution in [0.3, 0.4) is 0 Å². The van der Waals surface area contributed by atoms with E-state index >= 15 is 4.79 Å². The van der Waals surface area contributed by atoms with Gasteiger partial charge in [-0.3, -0.25) is 30.3 Å². The summed E-state index contributed by atoms with van der Waals surface area (Å²) in [6, 6.07) is -10.6. The van der Waals surface area contributed by atoms with Gasteiger partial charge < -0.3 is 91.2 Å². The molecule has 0 fully saturated rings. The summed E-state index contributed by atoms with van der Waals surface area (Å²) >= 11 is 4.45. The predicted molar refractivity (Wildman–Crippen MR) is 463 cm³/mol. The van der Waals surface area contributed by atoms with Gasteiger partial charge in [-0.2, -0.15) is 0 Å². The van der Waals surface area contributed by atoms with Crippen LogP contribution in [0.15, 0.2) is 154 Å². The van der Waals surface area contributed by atoms with E-state index in [-0.39, 0.29) is 120 Å². The van der Waals surface area contributed by atoms with Gasteiger partial charge in [0, 0.05) is 51.2 Å². The number of esters is 2. The number of carboxylic acid groups (broad SMARTS) is 1. The third-order valence-electron chi connectivity index (χ3n) is 19.5. The smallest absolute Gasteiger partial charge is 0.357 e. The molecule has 10 rings (SSSR count). The van der Waals surface area contributed by atoms with Crippen molar-refractivity contribution < 1.29 is 106 Å². The van der Waals surface area contributed by atoms with E-state index in [0.29, 0.717) is 0 Å². The molecule has 15 atom stereocenters. The number of hydrogen-bond donors (Lipinski definition) is 18. The number of aromatic nitrogens is 5. The molecule has 1 aliphatic carbocycles. The van der Waals surface area contributed by atoms with Gasteiger partial charge in [-0.1, -0.05) is 58.4 Å². The number of aliphatic hydroxyl groups is 15. The van der Waals surface area contributed by atoms with Gasteiger partial charge in [0.15, 0.2) is 6.04 Å². The lowest BCUT2D eigenvalue weighted by atomic mass is 9.81. The SMILES string of the molecule is C=C(N=C(O)C(=C)N=C(O)c1csc(C2=NC3c4csc(n4)C4N=C(O)c5csc(n5)C(C(C)(O)C(C)O)N=C(O)C5CSC(=N5)C(=CC)N=C(O)C(C(C)O)N=C(O)c5csc(n5)C3(CC2)N=C(O)C(C)N=C(O)C(=C)N=C(O)C(=C)N=C(O)C(C(C)C)NC2C=Cc3c(C(C)OC(=O)CCCCC(=O)O)cc(nc3C2O)C(=O)OC4C)n1)C(=N)O. The average molecular weight is 1780 g/mol. The Kier molecular flexibility index (Phi) is 29.5. The monoisotopic (exact) mass is 1780 g/mol. The highest BCUT2D eigenvalue weighted by molar-refractivity contribution is 8.14. The lowest BCUT2D eigenvalue weighted by Crippen LogP contribution is -2.49. The molecule has 9 heterocycles. The number of fused-ring (bicyclic) bond motifs is 7. The number of ether oxygens (including phenoxy) is 2. The van der Waals surface area contributed by atoms with Crippen LogP contribution < -0.4 is 5.32 Å². The number of unbranched alkanes of at least 4 members (excludes halogenated alkanes) is 1. The number of nitrogens with one attached hydrogen (secondary N) is 2. The minimum absolute atomic E-state index is 0.00479. The Labute approximate surface area is 716 Å². The molecule has 40 nitrogen and oxygen atoms in total. The first-order chi connectivity index (χ1) is 57.5. The number of nitrogens with zero attached hydrogens (tertiary/aromatic N) is 17. The van der Waals surface area contributed by atoms with Crippen LogP contribution in [-0.2, 0) is 24.6 Å². The molecular formula is C77H89N19O21S5. The van der Waals surface area contributed by atoms with E-state index in [9.17, 15) is 91.3 Å². The summed E-state index contributed by atoms with van der Waals surface area (Å²) in [5.74, 6) is -13.4. The first kappa shape index (κ1) is 92.5. The van der Waals surface area contributed by atoms with Crippen molar-refractivity contribution >= 4 is 157 Å². The molecule has 13 bridgehead atoms. The number of pyridine rings is 1. The molecule has 0 radical (unpaired) electrons. The predicted octanol–water partition coefficient (Wildman–Crippen LogP) is 10.4. The van der Waals surface area contributed by atoms with Crippen LogP contribution in [0.25, 0.3) is 6.08 Å². The van der Waals surface area contributed by atoms with Crippen molar-refractivity contribution in [2.75, 3.05) is 5.75 Å². The standard InChI is InChI=1S/C77H89N19O21S5/c1-14-41-70-89-48(26-118-70)67(111)95-58(76(13,115)38(12)98)73-91-47(27-121-73)65(109)94-54-37(11)117-74(114)44-23-40(36(10)116-51(101)18-16-15-17-50(99)100)39-19-20-42(56(102)55(39)85-44)84-52(29(2)3)68(112)83-33(7)62(106)80-31(5)61(105)81-34(8)63(107)96-77(75-92-49(28-122-75)66(110)93-53(35(9)97)69(113)87-41)22-21-43(86-57(77)45-24-120-72(54)88-45)71-90-46(25-119-71)64(108)82-32(6)60(104)79-30(4)59(78)103/h14,19-20,23-25,27-29,34-38,42,48,52-54,56-58,84,97-98,102,115H,4-7,15-18,21-22,26H2,1-3,8-13H3,(H2,78,103)(H,79,104)(H,80,106)(H,81,105)(H,82,108)(H,83,112)(H,87,113)(H,93,110)(H,94,109)(H,95,111)(H,96,107)(H,99,100). The number of carbonyl (C=O) groups excluding carboxylic acids is 2. The molecule has 45 heteroatoms. The van der Waals surface area contributed by atoms with Crippen molar-refractivity contribution in [3.05, 3.63) is 160 Å². The summed E-state index contributed by atoms with van der Waals surface area (Å²) in [4.78, 5) is 117. The van der Waals surface area contributed by atoms with Crippen LogP contribution in [0.2, 0.25) is 0 Å². The number of aliphatic hydroxyl groups excluding tert-OH is 14. The molecule has 5 aromatic heterocycles. The van der Waals surface area contributed by atoms with E-state index in [2.05, 4.69) is 91.5 Å². The number of hydrogen-bond acceptors (Lipinski definition) is 33. The number of carboxylic acids is 1. The Balaban J connectivity index is 1.25. The van der Waals surface area contributed by atoms with Gasteiger partial charge in [0.1, 0.15) is 130 Å². The number of cyclic esters (lactones) is 1. The zero-order chi connectivity index (χ0) is 89.4. The van der Waals surface area contributed by atoms with Crippen LogP contribution in [0.5, 0.6) is 0 Å². The summed E-state index contributed by atoms with van der Waals surface area (Å²) in [5, 5.41) is 200. The zero-order valence-corrected chi connectivity index (χ0v) is 70.9. The highest BCUT2D eigenvalue weighted by Crippen LogP contribution is 2.51. The summed E-state index contributed by atoms with van der Waals surface area (Å²) in [6.45, 7) is 27.2. The Hall–Kier alpha value is -11.8. The number of rotatable bonds is 17. The van der Waals surface area contributed by atoms with Gasteiger partial charge in [0.05, 0.1) is 47.1 Å². The van der Waals surface area contributed by atoms with Crippen LogP contribution in [0, 0.1) is 11.3 Å². The lowest BCUT2D eigenvalue weighted by molar-refractivity contribution is -0.149. The summed E-state index contributed by atoms with van der Waals surface area (Å²) in [7, 11) is 0. The van der Waals surface area contributed by atoms with Gasteiger partial charge in [-0.05, 0) is 86.1 Å². The van der Waals surface area contributed by atoms with Crippen molar-refractivity contribution in [3.8, 4) is 0 Å². The maximum atomic E-state index is 15.4. The molecule has 0 saturated heterocycles. The van der Waals surface area contributed by atoms with Gasteiger partial charge in [0.2, 0.25) is 64.9 Å². The first-order valence-corrected chi connectivity index (χ1v) is 41.9. The molecule has 648 valence electrons. The number of thioether (sulfide) groups is 1. The number of aliphatic imine (C=N–C) groups is 12. The molecule has 122 heavy (non-hydrogen) atoms. The molecule has 0 amide bonds. The lowest BCUT2D eigenvalue weighted by Gasteiger charge is -2.37. The molecule has 5 aliphatic rings. The molecule has 18 N–H and O–H groups in total. The van der Waals surface area contributed by atoms with E-state index in [1.54, 1.807) is 20.8 Å². The van der Waals surface area contributed by atoms with E-state index in [1.807, 2.05) is 0 Å². The Morgan fingerprint density at radius 3 is 2.12 bits per heavy atom. The summed E-state index contributed by atoms with van der Waals surface area (Å²) < 4.78 is 12.2. The van der Waals surface area contributed by atoms with E-state index in [0.717, 1.165) is 57.1 Å². The molecular weight excluding hydrogens is 1690 g/mol. The van der Waals surface area contributed by atoms with Crippen molar-refractivity contribution in [1.29, 1.82) is 5.41 Å². The van der Waals surface area contributed by atoms with Crippen molar-refractivity contribution in [2.24, 2.45) is 65.8 Å². The van der Waals surface area contributed by atoms with E-state index in [1.165, 1.54) is 87.4 Å². The summed E-state index contributed by atoms with van der Waals surface area (Å²) in [6.07, 6.45) is -3.91. The van der Waals surface area contributed by atoms with E-state index in [4.69, 9.17) is 39.8 Å². The first-order valence-electron chi connectivity index (χ1n) is 37.4. The van der Waals surface area contributed by atoms with Crippen LogP contribution in [0.1, 0.15) is 201 Å². The van der Waals surface area contributed by atoms with Gasteiger partial charge >= 0.3 is 17.9 Å². The maximum absolute atomic E-state index is 15.4.